The predicted molar refractivity (Wildman–Crippen MR) is 90.5 cm³/mol. The minimum Gasteiger partial charge on any atom is -0.334 e. The second-order valence-corrected chi connectivity index (χ2v) is 8.49. The number of rotatable bonds is 3. The summed E-state index contributed by atoms with van der Waals surface area (Å²) in [7, 11) is -2.29. The highest BCUT2D eigenvalue weighted by atomic mass is 35.5. The van der Waals surface area contributed by atoms with Crippen molar-refractivity contribution in [2.75, 3.05) is 13.6 Å². The second kappa shape index (κ2) is 6.24. The second-order valence-electron chi connectivity index (χ2n) is 5.19. The first kappa shape index (κ1) is 16.4. The highest BCUT2D eigenvalue weighted by molar-refractivity contribution is 7.89. The van der Waals surface area contributed by atoms with Crippen LogP contribution in [0.5, 0.6) is 0 Å². The van der Waals surface area contributed by atoms with Gasteiger partial charge in [-0.05, 0) is 48.7 Å². The molecule has 23 heavy (non-hydrogen) atoms. The average molecular weight is 371 g/mol. The van der Waals surface area contributed by atoms with Crippen LogP contribution in [0.3, 0.4) is 0 Å². The average Bonchev–Trinajstić information content (AvgIpc) is 3.02. The van der Waals surface area contributed by atoms with Crippen LogP contribution in [0.15, 0.2) is 34.5 Å². The van der Waals surface area contributed by atoms with Crippen molar-refractivity contribution in [1.82, 2.24) is 9.62 Å². The lowest BCUT2D eigenvalue weighted by Gasteiger charge is -2.27. The Labute approximate surface area is 143 Å². The van der Waals surface area contributed by atoms with Gasteiger partial charge in [-0.2, -0.15) is 0 Å². The number of nitrogens with one attached hydrogen (secondary N) is 1. The molecular weight excluding hydrogens is 356 g/mol. The maximum Gasteiger partial charge on any atom is 0.255 e. The van der Waals surface area contributed by atoms with E-state index < -0.39 is 10.0 Å². The fraction of sp³-hybridized carbons (Fsp3) is 0.267. The molecule has 5 nitrogen and oxygen atoms in total. The van der Waals surface area contributed by atoms with E-state index in [4.69, 9.17) is 11.6 Å². The Kier molecular flexibility index (Phi) is 4.46. The maximum atomic E-state index is 12.7. The lowest BCUT2D eigenvalue weighted by Crippen LogP contribution is -2.35. The van der Waals surface area contributed by atoms with Crippen LogP contribution in [0.25, 0.3) is 0 Å². The summed E-state index contributed by atoms with van der Waals surface area (Å²) in [6, 6.07) is 6.18. The number of carbonyl (C=O) groups is 1. The zero-order valence-electron chi connectivity index (χ0n) is 12.4. The van der Waals surface area contributed by atoms with E-state index in [2.05, 4.69) is 4.72 Å². The molecule has 122 valence electrons. The van der Waals surface area contributed by atoms with E-state index in [1.165, 1.54) is 30.1 Å². The van der Waals surface area contributed by atoms with Crippen molar-refractivity contribution in [3.05, 3.63) is 50.7 Å². The highest BCUT2D eigenvalue weighted by Crippen LogP contribution is 2.27. The van der Waals surface area contributed by atoms with Gasteiger partial charge >= 0.3 is 0 Å². The zero-order valence-corrected chi connectivity index (χ0v) is 14.8. The van der Waals surface area contributed by atoms with Crippen LogP contribution >= 0.6 is 22.9 Å². The van der Waals surface area contributed by atoms with Gasteiger partial charge in [0.25, 0.3) is 5.91 Å². The highest BCUT2D eigenvalue weighted by Gasteiger charge is 2.25. The zero-order chi connectivity index (χ0) is 16.6. The molecule has 0 saturated carbocycles. The summed E-state index contributed by atoms with van der Waals surface area (Å²) in [5.41, 5.74) is 1.35. The van der Waals surface area contributed by atoms with Crippen molar-refractivity contribution in [3.63, 3.8) is 0 Å². The van der Waals surface area contributed by atoms with Crippen LogP contribution < -0.4 is 4.72 Å². The third-order valence-corrected chi connectivity index (χ3v) is 6.61. The first-order valence-corrected chi connectivity index (χ1v) is 9.74. The Bertz CT molecular complexity index is 861. The van der Waals surface area contributed by atoms with Crippen LogP contribution in [0.1, 0.15) is 20.8 Å². The van der Waals surface area contributed by atoms with Gasteiger partial charge in [0.05, 0.1) is 15.5 Å². The Morgan fingerprint density at radius 2 is 2.13 bits per heavy atom. The van der Waals surface area contributed by atoms with Crippen molar-refractivity contribution in [3.8, 4) is 0 Å². The van der Waals surface area contributed by atoms with Crippen LogP contribution in [-0.4, -0.2) is 32.8 Å². The molecule has 0 unspecified atom stereocenters. The SMILES string of the molecule is CNS(=O)(=O)c1ccc(Cl)c(C(=O)N2CCc3sccc3C2)c1. The van der Waals surface area contributed by atoms with Crippen LogP contribution in [-0.2, 0) is 23.0 Å². The minimum atomic E-state index is -3.62. The summed E-state index contributed by atoms with van der Waals surface area (Å²) < 4.78 is 26.1. The van der Waals surface area contributed by atoms with E-state index in [9.17, 15) is 13.2 Å². The van der Waals surface area contributed by atoms with Gasteiger partial charge in [0, 0.05) is 18.0 Å². The lowest BCUT2D eigenvalue weighted by molar-refractivity contribution is 0.0736. The summed E-state index contributed by atoms with van der Waals surface area (Å²) in [6.07, 6.45) is 0.810. The van der Waals surface area contributed by atoms with Gasteiger partial charge in [0.1, 0.15) is 0 Å². The molecule has 0 atom stereocenters. The normalized spacial score (nSPS) is 14.6. The van der Waals surface area contributed by atoms with Gasteiger partial charge in [0.2, 0.25) is 10.0 Å². The molecule has 0 bridgehead atoms. The first-order valence-electron chi connectivity index (χ1n) is 7.00. The number of amides is 1. The predicted octanol–water partition coefficient (Wildman–Crippen LogP) is 2.51. The monoisotopic (exact) mass is 370 g/mol. The van der Waals surface area contributed by atoms with E-state index in [0.29, 0.717) is 13.1 Å². The molecule has 1 N–H and O–H groups in total. The van der Waals surface area contributed by atoms with Crippen molar-refractivity contribution in [2.24, 2.45) is 0 Å². The van der Waals surface area contributed by atoms with E-state index in [1.807, 2.05) is 11.4 Å². The molecule has 1 aliphatic rings. The summed E-state index contributed by atoms with van der Waals surface area (Å²) >= 11 is 7.82. The van der Waals surface area contributed by atoms with Crippen LogP contribution in [0.4, 0.5) is 0 Å². The third-order valence-electron chi connectivity index (χ3n) is 3.84. The fourth-order valence-electron chi connectivity index (χ4n) is 2.55. The van der Waals surface area contributed by atoms with Gasteiger partial charge in [-0.25, -0.2) is 13.1 Å². The molecule has 1 amide bonds. The van der Waals surface area contributed by atoms with Gasteiger partial charge in [-0.3, -0.25) is 4.79 Å². The molecule has 0 fully saturated rings. The number of sulfonamides is 1. The largest absolute Gasteiger partial charge is 0.334 e. The summed E-state index contributed by atoms with van der Waals surface area (Å²) in [4.78, 5) is 15.8. The molecule has 1 aromatic carbocycles. The molecular formula is C15H15ClN2O3S2. The molecule has 8 heteroatoms. The van der Waals surface area contributed by atoms with Gasteiger partial charge in [0.15, 0.2) is 0 Å². The topological polar surface area (TPSA) is 66.5 Å². The Hall–Kier alpha value is -1.41. The number of nitrogens with zero attached hydrogens (tertiary/aromatic N) is 1. The number of carbonyl (C=O) groups excluding carboxylic acids is 1. The van der Waals surface area contributed by atoms with E-state index >= 15 is 0 Å². The van der Waals surface area contributed by atoms with Crippen molar-refractivity contribution < 1.29 is 13.2 Å². The van der Waals surface area contributed by atoms with Gasteiger partial charge in [-0.15, -0.1) is 11.3 Å². The maximum absolute atomic E-state index is 12.7. The van der Waals surface area contributed by atoms with E-state index in [0.717, 1.165) is 12.0 Å². The number of benzene rings is 1. The first-order chi connectivity index (χ1) is 10.9. The molecule has 2 heterocycles. The molecule has 0 radical (unpaired) electrons. The van der Waals surface area contributed by atoms with E-state index in [-0.39, 0.29) is 21.4 Å². The number of fused-ring (bicyclic) bond motifs is 1. The fourth-order valence-corrected chi connectivity index (χ4v) is 4.39. The standard InChI is InChI=1S/C15H15ClN2O3S2/c1-17-23(20,21)11-2-3-13(16)12(8-11)15(19)18-6-4-14-10(9-18)5-7-22-14/h2-3,5,7-8,17H,4,6,9H2,1H3. The van der Waals surface area contributed by atoms with Crippen molar-refractivity contribution >= 4 is 38.9 Å². The van der Waals surface area contributed by atoms with Crippen LogP contribution in [0.2, 0.25) is 5.02 Å². The summed E-state index contributed by atoms with van der Waals surface area (Å²) in [5.74, 6) is -0.250. The molecule has 1 aliphatic heterocycles. The van der Waals surface area contributed by atoms with E-state index in [1.54, 1.807) is 16.2 Å². The number of hydrogen-bond donors (Lipinski definition) is 1. The molecule has 0 aliphatic carbocycles. The molecule has 0 saturated heterocycles. The Balaban J connectivity index is 1.92. The lowest BCUT2D eigenvalue weighted by atomic mass is 10.1. The quantitative estimate of drug-likeness (QED) is 0.902. The number of hydrogen-bond acceptors (Lipinski definition) is 4. The Morgan fingerprint density at radius 1 is 1.35 bits per heavy atom. The molecule has 3 rings (SSSR count). The molecule has 0 spiro atoms. The number of thiophene rings is 1. The third kappa shape index (κ3) is 3.14. The van der Waals surface area contributed by atoms with Gasteiger partial charge < -0.3 is 4.90 Å². The number of halogens is 1. The smallest absolute Gasteiger partial charge is 0.255 e. The van der Waals surface area contributed by atoms with Crippen molar-refractivity contribution in [2.45, 2.75) is 17.9 Å². The summed E-state index contributed by atoms with van der Waals surface area (Å²) in [5, 5.41) is 2.27. The molecule has 2 aromatic rings. The minimum absolute atomic E-state index is 0.0287. The molecule has 1 aromatic heterocycles. The van der Waals surface area contributed by atoms with Gasteiger partial charge in [-0.1, -0.05) is 11.6 Å². The van der Waals surface area contributed by atoms with Crippen LogP contribution in [0, 0.1) is 0 Å². The Morgan fingerprint density at radius 3 is 2.87 bits per heavy atom. The summed E-state index contributed by atoms with van der Waals surface area (Å²) in [6.45, 7) is 1.13. The van der Waals surface area contributed by atoms with Crippen molar-refractivity contribution in [1.29, 1.82) is 0 Å².